The average Bonchev–Trinajstić information content (AvgIpc) is 2.94. The summed E-state index contributed by atoms with van der Waals surface area (Å²) in [6.07, 6.45) is -0.199. The second kappa shape index (κ2) is 7.23. The molecule has 1 saturated heterocycles. The first-order chi connectivity index (χ1) is 12.3. The molecule has 3 N–H and O–H groups in total. The molecule has 1 aromatic carbocycles. The lowest BCUT2D eigenvalue weighted by atomic mass is 10.2. The van der Waals surface area contributed by atoms with Gasteiger partial charge in [-0.2, -0.15) is 0 Å². The van der Waals surface area contributed by atoms with Gasteiger partial charge in [0, 0.05) is 30.5 Å². The van der Waals surface area contributed by atoms with Crippen molar-refractivity contribution in [1.29, 1.82) is 0 Å². The van der Waals surface area contributed by atoms with E-state index in [0.717, 1.165) is 5.56 Å². The summed E-state index contributed by atoms with van der Waals surface area (Å²) in [5, 5.41) is 3.81. The molecule has 2 aromatic rings. The Hall–Kier alpha value is -2.15. The van der Waals surface area contributed by atoms with E-state index in [0.29, 0.717) is 29.0 Å². The molecular formula is C18H22ClF2N5. The minimum absolute atomic E-state index is 0.0401. The topological polar surface area (TPSA) is 67.1 Å². The van der Waals surface area contributed by atoms with Crippen LogP contribution in [0.15, 0.2) is 24.3 Å². The lowest BCUT2D eigenvalue weighted by molar-refractivity contribution is 0.0257. The maximum Gasteiger partial charge on any atom is 0.266 e. The van der Waals surface area contributed by atoms with Crippen molar-refractivity contribution in [2.45, 2.75) is 38.7 Å². The number of nitrogens with two attached hydrogens (primary N) is 1. The molecule has 0 bridgehead atoms. The first-order valence-corrected chi connectivity index (χ1v) is 8.92. The van der Waals surface area contributed by atoms with Crippen LogP contribution >= 0.6 is 11.6 Å². The molecule has 1 aliphatic rings. The highest BCUT2D eigenvalue weighted by Crippen LogP contribution is 2.36. The SMILES string of the molecule is CC(C)c1nc(NCc2ccccc2Cl)c(N)c(N2CCC(F)(F)C2)n1. The molecule has 0 unspecified atom stereocenters. The van der Waals surface area contributed by atoms with E-state index in [2.05, 4.69) is 15.3 Å². The van der Waals surface area contributed by atoms with Gasteiger partial charge in [-0.3, -0.25) is 0 Å². The highest BCUT2D eigenvalue weighted by Gasteiger charge is 2.39. The van der Waals surface area contributed by atoms with E-state index in [1.807, 2.05) is 32.0 Å². The van der Waals surface area contributed by atoms with Gasteiger partial charge in [-0.25, -0.2) is 18.7 Å². The normalized spacial score (nSPS) is 16.3. The zero-order chi connectivity index (χ0) is 18.9. The number of halogens is 3. The Balaban J connectivity index is 1.90. The van der Waals surface area contributed by atoms with Crippen molar-refractivity contribution in [3.05, 3.63) is 40.7 Å². The van der Waals surface area contributed by atoms with Crippen molar-refractivity contribution in [2.24, 2.45) is 0 Å². The number of aromatic nitrogens is 2. The molecule has 5 nitrogen and oxygen atoms in total. The van der Waals surface area contributed by atoms with E-state index in [1.165, 1.54) is 4.90 Å². The summed E-state index contributed by atoms with van der Waals surface area (Å²) in [6.45, 7) is 4.16. The van der Waals surface area contributed by atoms with Crippen LogP contribution in [-0.4, -0.2) is 29.0 Å². The smallest absolute Gasteiger partial charge is 0.266 e. The van der Waals surface area contributed by atoms with Gasteiger partial charge in [-0.15, -0.1) is 0 Å². The van der Waals surface area contributed by atoms with Crippen LogP contribution in [-0.2, 0) is 6.54 Å². The van der Waals surface area contributed by atoms with E-state index >= 15 is 0 Å². The first kappa shape index (κ1) is 18.6. The van der Waals surface area contributed by atoms with Crippen molar-refractivity contribution in [1.82, 2.24) is 9.97 Å². The zero-order valence-electron chi connectivity index (χ0n) is 14.8. The quantitative estimate of drug-likeness (QED) is 0.808. The molecule has 1 aliphatic heterocycles. The number of hydrogen-bond acceptors (Lipinski definition) is 5. The Morgan fingerprint density at radius 3 is 2.65 bits per heavy atom. The van der Waals surface area contributed by atoms with Crippen LogP contribution in [0.4, 0.5) is 26.1 Å². The van der Waals surface area contributed by atoms with Crippen LogP contribution in [0.5, 0.6) is 0 Å². The van der Waals surface area contributed by atoms with Crippen molar-refractivity contribution in [2.75, 3.05) is 29.0 Å². The average molecular weight is 382 g/mol. The number of nitrogens with zero attached hydrogens (tertiary/aromatic N) is 3. The van der Waals surface area contributed by atoms with Gasteiger partial charge in [-0.05, 0) is 11.6 Å². The van der Waals surface area contributed by atoms with Gasteiger partial charge < -0.3 is 16.0 Å². The number of hydrogen-bond donors (Lipinski definition) is 2. The summed E-state index contributed by atoms with van der Waals surface area (Å²) < 4.78 is 27.3. The van der Waals surface area contributed by atoms with Gasteiger partial charge in [-0.1, -0.05) is 43.6 Å². The van der Waals surface area contributed by atoms with Crippen LogP contribution in [0.1, 0.15) is 37.6 Å². The second-order valence-electron chi connectivity index (χ2n) is 6.79. The van der Waals surface area contributed by atoms with Crippen LogP contribution in [0, 0.1) is 0 Å². The molecule has 0 amide bonds. The highest BCUT2D eigenvalue weighted by atomic mass is 35.5. The molecule has 8 heteroatoms. The Bertz CT molecular complexity index is 797. The van der Waals surface area contributed by atoms with Crippen molar-refractivity contribution in [3.63, 3.8) is 0 Å². The fourth-order valence-electron chi connectivity index (χ4n) is 2.85. The third-order valence-corrected chi connectivity index (χ3v) is 4.70. The molecule has 0 spiro atoms. The first-order valence-electron chi connectivity index (χ1n) is 8.54. The predicted octanol–water partition coefficient (Wildman–Crippen LogP) is 4.29. The van der Waals surface area contributed by atoms with E-state index in [1.54, 1.807) is 6.07 Å². The number of anilines is 3. The third-order valence-electron chi connectivity index (χ3n) is 4.33. The Kier molecular flexibility index (Phi) is 5.18. The van der Waals surface area contributed by atoms with Crippen LogP contribution in [0.3, 0.4) is 0 Å². The van der Waals surface area contributed by atoms with Crippen LogP contribution < -0.4 is 16.0 Å². The largest absolute Gasteiger partial charge is 0.393 e. The monoisotopic (exact) mass is 381 g/mol. The molecule has 0 saturated carbocycles. The molecule has 0 radical (unpaired) electrons. The predicted molar refractivity (Wildman–Crippen MR) is 101 cm³/mol. The van der Waals surface area contributed by atoms with Gasteiger partial charge in [0.2, 0.25) is 0 Å². The summed E-state index contributed by atoms with van der Waals surface area (Å²) in [5.74, 6) is -1.32. The van der Waals surface area contributed by atoms with Crippen molar-refractivity contribution < 1.29 is 8.78 Å². The maximum absolute atomic E-state index is 13.6. The molecule has 1 aromatic heterocycles. The van der Waals surface area contributed by atoms with Gasteiger partial charge >= 0.3 is 0 Å². The standard InChI is InChI=1S/C18H22ClF2N5/c1-11(2)15-24-16(23-9-12-5-3-4-6-13(12)19)14(22)17(25-15)26-8-7-18(20,21)10-26/h3-6,11H,7-10,22H2,1-2H3,(H,23,24,25). The van der Waals surface area contributed by atoms with Gasteiger partial charge in [0.15, 0.2) is 11.6 Å². The lowest BCUT2D eigenvalue weighted by Crippen LogP contribution is -2.27. The molecule has 0 aliphatic carbocycles. The second-order valence-corrected chi connectivity index (χ2v) is 7.20. The number of benzene rings is 1. The zero-order valence-corrected chi connectivity index (χ0v) is 15.5. The summed E-state index contributed by atoms with van der Waals surface area (Å²) in [6, 6.07) is 7.45. The summed E-state index contributed by atoms with van der Waals surface area (Å²) >= 11 is 6.18. The van der Waals surface area contributed by atoms with E-state index < -0.39 is 5.92 Å². The number of alkyl halides is 2. The van der Waals surface area contributed by atoms with E-state index in [9.17, 15) is 8.78 Å². The number of rotatable bonds is 5. The van der Waals surface area contributed by atoms with Crippen molar-refractivity contribution >= 4 is 28.9 Å². The molecule has 3 rings (SSSR count). The fraction of sp³-hybridized carbons (Fsp3) is 0.444. The van der Waals surface area contributed by atoms with E-state index in [4.69, 9.17) is 17.3 Å². The number of nitrogen functional groups attached to an aromatic ring is 1. The molecule has 2 heterocycles. The molecule has 0 atom stereocenters. The summed E-state index contributed by atoms with van der Waals surface area (Å²) in [4.78, 5) is 10.5. The Morgan fingerprint density at radius 1 is 1.31 bits per heavy atom. The maximum atomic E-state index is 13.6. The van der Waals surface area contributed by atoms with Gasteiger partial charge in [0.05, 0.1) is 6.54 Å². The van der Waals surface area contributed by atoms with Gasteiger partial charge in [0.25, 0.3) is 5.92 Å². The minimum Gasteiger partial charge on any atom is -0.393 e. The third kappa shape index (κ3) is 3.98. The lowest BCUT2D eigenvalue weighted by Gasteiger charge is -2.22. The Labute approximate surface area is 156 Å². The fourth-order valence-corrected chi connectivity index (χ4v) is 3.05. The van der Waals surface area contributed by atoms with Gasteiger partial charge in [0.1, 0.15) is 11.5 Å². The molecular weight excluding hydrogens is 360 g/mol. The van der Waals surface area contributed by atoms with E-state index in [-0.39, 0.29) is 31.1 Å². The Morgan fingerprint density at radius 2 is 2.04 bits per heavy atom. The summed E-state index contributed by atoms with van der Waals surface area (Å²) in [7, 11) is 0. The highest BCUT2D eigenvalue weighted by molar-refractivity contribution is 6.31. The summed E-state index contributed by atoms with van der Waals surface area (Å²) in [5.41, 5.74) is 7.39. The molecule has 1 fully saturated rings. The molecule has 140 valence electrons. The number of nitrogens with one attached hydrogen (secondary N) is 1. The van der Waals surface area contributed by atoms with Crippen molar-refractivity contribution in [3.8, 4) is 0 Å². The van der Waals surface area contributed by atoms with Crippen LogP contribution in [0.2, 0.25) is 5.02 Å². The molecule has 26 heavy (non-hydrogen) atoms. The minimum atomic E-state index is -2.72. The van der Waals surface area contributed by atoms with Crippen LogP contribution in [0.25, 0.3) is 0 Å².